The van der Waals surface area contributed by atoms with Crippen molar-refractivity contribution in [1.29, 1.82) is 0 Å². The van der Waals surface area contributed by atoms with Gasteiger partial charge in [0, 0.05) is 23.5 Å². The standard InChI is InChI=1S/C16H17N5O2/c1-3-10-8-19-21-15(10)18-9-13(14(17)22)16(21)20-11-5-4-6-12(7-11)23-2/h4-9,20H,3H2,1-2H3,(H2,17,22). The number of hydrogen-bond acceptors (Lipinski definition) is 5. The minimum Gasteiger partial charge on any atom is -0.497 e. The van der Waals surface area contributed by atoms with E-state index in [4.69, 9.17) is 10.5 Å². The minimum atomic E-state index is -0.571. The fourth-order valence-electron chi connectivity index (χ4n) is 2.37. The van der Waals surface area contributed by atoms with Gasteiger partial charge in [-0.1, -0.05) is 13.0 Å². The van der Waals surface area contributed by atoms with Crippen molar-refractivity contribution >= 4 is 23.1 Å². The zero-order chi connectivity index (χ0) is 16.4. The van der Waals surface area contributed by atoms with Crippen LogP contribution in [0.5, 0.6) is 5.75 Å². The van der Waals surface area contributed by atoms with Crippen LogP contribution in [0.15, 0.2) is 36.7 Å². The maximum absolute atomic E-state index is 11.7. The molecule has 7 nitrogen and oxygen atoms in total. The Morgan fingerprint density at radius 3 is 2.91 bits per heavy atom. The third kappa shape index (κ3) is 2.68. The van der Waals surface area contributed by atoms with Gasteiger partial charge in [-0.05, 0) is 18.6 Å². The maximum atomic E-state index is 11.7. The summed E-state index contributed by atoms with van der Waals surface area (Å²) in [6.45, 7) is 2.02. The molecule has 2 aromatic heterocycles. The van der Waals surface area contributed by atoms with Crippen LogP contribution in [-0.2, 0) is 6.42 Å². The number of benzene rings is 1. The highest BCUT2D eigenvalue weighted by Gasteiger charge is 2.16. The highest BCUT2D eigenvalue weighted by Crippen LogP contribution is 2.25. The van der Waals surface area contributed by atoms with Crippen LogP contribution in [0.3, 0.4) is 0 Å². The molecular weight excluding hydrogens is 294 g/mol. The number of primary amides is 1. The highest BCUT2D eigenvalue weighted by molar-refractivity contribution is 5.98. The molecule has 3 N–H and O–H groups in total. The second-order valence-electron chi connectivity index (χ2n) is 5.00. The van der Waals surface area contributed by atoms with Crippen LogP contribution >= 0.6 is 0 Å². The lowest BCUT2D eigenvalue weighted by Crippen LogP contribution is -2.16. The van der Waals surface area contributed by atoms with Gasteiger partial charge < -0.3 is 15.8 Å². The minimum absolute atomic E-state index is 0.270. The molecule has 23 heavy (non-hydrogen) atoms. The van der Waals surface area contributed by atoms with Crippen LogP contribution < -0.4 is 15.8 Å². The molecule has 0 unspecified atom stereocenters. The topological polar surface area (TPSA) is 94.5 Å². The Morgan fingerprint density at radius 2 is 2.22 bits per heavy atom. The predicted molar refractivity (Wildman–Crippen MR) is 87.2 cm³/mol. The SMILES string of the molecule is CCc1cnn2c(Nc3cccc(OC)c3)c(C(N)=O)cnc12. The van der Waals surface area contributed by atoms with E-state index in [1.165, 1.54) is 6.20 Å². The Kier molecular flexibility index (Phi) is 3.84. The van der Waals surface area contributed by atoms with E-state index in [1.807, 2.05) is 31.2 Å². The summed E-state index contributed by atoms with van der Waals surface area (Å²) in [4.78, 5) is 16.0. The van der Waals surface area contributed by atoms with Crippen molar-refractivity contribution in [2.24, 2.45) is 5.73 Å². The second-order valence-corrected chi connectivity index (χ2v) is 5.00. The first-order chi connectivity index (χ1) is 11.1. The van der Waals surface area contributed by atoms with E-state index in [1.54, 1.807) is 17.8 Å². The molecule has 0 spiro atoms. The average Bonchev–Trinajstić information content (AvgIpc) is 2.98. The van der Waals surface area contributed by atoms with E-state index in [2.05, 4.69) is 15.4 Å². The van der Waals surface area contributed by atoms with Gasteiger partial charge in [-0.25, -0.2) is 4.98 Å². The van der Waals surface area contributed by atoms with Crippen molar-refractivity contribution in [2.75, 3.05) is 12.4 Å². The maximum Gasteiger partial charge on any atom is 0.254 e. The molecule has 2 heterocycles. The first-order valence-corrected chi connectivity index (χ1v) is 7.20. The normalized spacial score (nSPS) is 10.7. The summed E-state index contributed by atoms with van der Waals surface area (Å²) in [5, 5.41) is 7.51. The lowest BCUT2D eigenvalue weighted by Gasteiger charge is -2.12. The van der Waals surface area contributed by atoms with E-state index in [-0.39, 0.29) is 5.56 Å². The van der Waals surface area contributed by atoms with Gasteiger partial charge in [0.1, 0.15) is 17.1 Å². The van der Waals surface area contributed by atoms with E-state index in [0.717, 1.165) is 17.7 Å². The summed E-state index contributed by atoms with van der Waals surface area (Å²) in [6.07, 6.45) is 4.01. The predicted octanol–water partition coefficient (Wildman–Crippen LogP) is 2.14. The van der Waals surface area contributed by atoms with Crippen LogP contribution in [-0.4, -0.2) is 27.6 Å². The van der Waals surface area contributed by atoms with Crippen molar-refractivity contribution in [3.63, 3.8) is 0 Å². The first kappa shape index (κ1) is 14.8. The molecule has 0 radical (unpaired) electrons. The molecule has 3 aromatic rings. The molecule has 7 heteroatoms. The van der Waals surface area contributed by atoms with Gasteiger partial charge in [0.05, 0.1) is 13.3 Å². The Morgan fingerprint density at radius 1 is 1.39 bits per heavy atom. The number of nitrogens with zero attached hydrogens (tertiary/aromatic N) is 3. The van der Waals surface area contributed by atoms with Crippen LogP contribution in [0.25, 0.3) is 5.65 Å². The number of anilines is 2. The fraction of sp³-hybridized carbons (Fsp3) is 0.188. The van der Waals surface area contributed by atoms with Crippen LogP contribution in [0.4, 0.5) is 11.5 Å². The van der Waals surface area contributed by atoms with Crippen molar-refractivity contribution in [2.45, 2.75) is 13.3 Å². The molecule has 0 atom stereocenters. The molecule has 1 amide bonds. The highest BCUT2D eigenvalue weighted by atomic mass is 16.5. The van der Waals surface area contributed by atoms with Crippen LogP contribution in [0, 0.1) is 0 Å². The monoisotopic (exact) mass is 311 g/mol. The van der Waals surface area contributed by atoms with Crippen molar-refractivity contribution in [3.8, 4) is 5.75 Å². The summed E-state index contributed by atoms with van der Waals surface area (Å²) in [5.41, 5.74) is 8.19. The Balaban J connectivity index is 2.14. The molecule has 0 saturated carbocycles. The molecule has 118 valence electrons. The summed E-state index contributed by atoms with van der Waals surface area (Å²) in [7, 11) is 1.60. The van der Waals surface area contributed by atoms with Gasteiger partial charge in [-0.15, -0.1) is 0 Å². The fourth-order valence-corrected chi connectivity index (χ4v) is 2.37. The van der Waals surface area contributed by atoms with Crippen LogP contribution in [0.2, 0.25) is 0 Å². The van der Waals surface area contributed by atoms with Gasteiger partial charge in [-0.2, -0.15) is 9.61 Å². The number of hydrogen-bond donors (Lipinski definition) is 2. The number of aryl methyl sites for hydroxylation is 1. The number of ether oxygens (including phenoxy) is 1. The smallest absolute Gasteiger partial charge is 0.254 e. The lowest BCUT2D eigenvalue weighted by atomic mass is 10.2. The second kappa shape index (κ2) is 5.96. The number of carbonyl (C=O) groups is 1. The first-order valence-electron chi connectivity index (χ1n) is 7.20. The number of nitrogens with two attached hydrogens (primary N) is 1. The molecule has 0 bridgehead atoms. The molecule has 0 aliphatic rings. The molecule has 0 aliphatic carbocycles. The average molecular weight is 311 g/mol. The largest absolute Gasteiger partial charge is 0.497 e. The van der Waals surface area contributed by atoms with E-state index in [9.17, 15) is 4.79 Å². The molecule has 0 fully saturated rings. The number of rotatable bonds is 5. The van der Waals surface area contributed by atoms with Gasteiger partial charge in [-0.3, -0.25) is 4.79 Å². The van der Waals surface area contributed by atoms with Crippen molar-refractivity contribution in [1.82, 2.24) is 14.6 Å². The van der Waals surface area contributed by atoms with Gasteiger partial charge in [0.15, 0.2) is 5.65 Å². The Labute approximate surface area is 133 Å². The summed E-state index contributed by atoms with van der Waals surface area (Å²) in [5.74, 6) is 0.615. The van der Waals surface area contributed by atoms with Crippen molar-refractivity contribution < 1.29 is 9.53 Å². The number of nitrogens with one attached hydrogen (secondary N) is 1. The zero-order valence-corrected chi connectivity index (χ0v) is 12.9. The summed E-state index contributed by atoms with van der Waals surface area (Å²) in [6, 6.07) is 7.38. The van der Waals surface area contributed by atoms with Crippen molar-refractivity contribution in [3.05, 3.63) is 47.8 Å². The molecule has 0 aliphatic heterocycles. The number of aromatic nitrogens is 3. The third-order valence-corrected chi connectivity index (χ3v) is 3.58. The number of amides is 1. The molecule has 3 rings (SSSR count). The quantitative estimate of drug-likeness (QED) is 0.753. The van der Waals surface area contributed by atoms with Gasteiger partial charge in [0.25, 0.3) is 5.91 Å². The number of carbonyl (C=O) groups excluding carboxylic acids is 1. The van der Waals surface area contributed by atoms with Gasteiger partial charge in [0.2, 0.25) is 0 Å². The molecule has 0 saturated heterocycles. The van der Waals surface area contributed by atoms with E-state index in [0.29, 0.717) is 17.2 Å². The number of methoxy groups -OCH3 is 1. The van der Waals surface area contributed by atoms with Crippen LogP contribution in [0.1, 0.15) is 22.8 Å². The Hall–Kier alpha value is -3.09. The van der Waals surface area contributed by atoms with E-state index < -0.39 is 5.91 Å². The molecule has 1 aromatic carbocycles. The summed E-state index contributed by atoms with van der Waals surface area (Å²) >= 11 is 0. The molecular formula is C16H17N5O2. The lowest BCUT2D eigenvalue weighted by molar-refractivity contribution is 0.100. The number of fused-ring (bicyclic) bond motifs is 1. The summed E-state index contributed by atoms with van der Waals surface area (Å²) < 4.78 is 6.81. The third-order valence-electron chi connectivity index (χ3n) is 3.58. The zero-order valence-electron chi connectivity index (χ0n) is 12.9. The van der Waals surface area contributed by atoms with E-state index >= 15 is 0 Å². The van der Waals surface area contributed by atoms with Gasteiger partial charge >= 0.3 is 0 Å². The Bertz CT molecular complexity index is 872.